The first kappa shape index (κ1) is 12.3. The second-order valence-electron chi connectivity index (χ2n) is 2.52. The van der Waals surface area contributed by atoms with Crippen LogP contribution in [-0.4, -0.2) is 25.7 Å². The number of carbonyl (C=O) groups is 1. The molecule has 3 nitrogen and oxygen atoms in total. The molecule has 1 N–H and O–H groups in total. The van der Waals surface area contributed by atoms with E-state index in [9.17, 15) is 13.6 Å². The van der Waals surface area contributed by atoms with Gasteiger partial charge in [-0.15, -0.1) is 12.4 Å². The fraction of sp³-hybridized carbons (Fsp3) is 0.571. The van der Waals surface area contributed by atoms with Crippen LogP contribution in [0.3, 0.4) is 0 Å². The quantitative estimate of drug-likeness (QED) is 0.663. The van der Waals surface area contributed by atoms with Crippen molar-refractivity contribution in [2.75, 3.05) is 13.7 Å². The molecule has 1 aliphatic rings. The highest BCUT2D eigenvalue weighted by atomic mass is 35.5. The van der Waals surface area contributed by atoms with Crippen molar-refractivity contribution in [3.63, 3.8) is 0 Å². The van der Waals surface area contributed by atoms with E-state index in [0.717, 1.165) is 0 Å². The van der Waals surface area contributed by atoms with Crippen LogP contribution in [0, 0.1) is 0 Å². The summed E-state index contributed by atoms with van der Waals surface area (Å²) in [5.74, 6) is -0.494. The van der Waals surface area contributed by atoms with Gasteiger partial charge in [0.1, 0.15) is 6.04 Å². The van der Waals surface area contributed by atoms with Gasteiger partial charge in [0.2, 0.25) is 0 Å². The van der Waals surface area contributed by atoms with Crippen molar-refractivity contribution in [3.8, 4) is 0 Å². The third-order valence-corrected chi connectivity index (χ3v) is 1.77. The fourth-order valence-electron chi connectivity index (χ4n) is 1.09. The number of methoxy groups -OCH3 is 1. The van der Waals surface area contributed by atoms with Crippen LogP contribution < -0.4 is 5.32 Å². The average molecular weight is 214 g/mol. The molecule has 1 atom stereocenters. The summed E-state index contributed by atoms with van der Waals surface area (Å²) in [5.41, 5.74) is -0.00889. The van der Waals surface area contributed by atoms with E-state index < -0.39 is 18.1 Å². The van der Waals surface area contributed by atoms with Crippen molar-refractivity contribution in [1.82, 2.24) is 5.32 Å². The van der Waals surface area contributed by atoms with Gasteiger partial charge in [-0.25, -0.2) is 0 Å². The molecule has 0 bridgehead atoms. The van der Waals surface area contributed by atoms with Gasteiger partial charge in [0.25, 0.3) is 6.08 Å². The van der Waals surface area contributed by atoms with E-state index in [1.54, 1.807) is 0 Å². The molecule has 0 aromatic heterocycles. The Morgan fingerprint density at radius 2 is 2.23 bits per heavy atom. The third kappa shape index (κ3) is 2.93. The van der Waals surface area contributed by atoms with Gasteiger partial charge in [0.15, 0.2) is 0 Å². The van der Waals surface area contributed by atoms with Crippen LogP contribution in [0.4, 0.5) is 8.78 Å². The second-order valence-corrected chi connectivity index (χ2v) is 2.52. The van der Waals surface area contributed by atoms with E-state index in [1.807, 2.05) is 0 Å². The van der Waals surface area contributed by atoms with E-state index in [-0.39, 0.29) is 30.9 Å². The number of hydrogen-bond donors (Lipinski definition) is 1. The predicted molar refractivity (Wildman–Crippen MR) is 44.9 cm³/mol. The van der Waals surface area contributed by atoms with E-state index in [4.69, 9.17) is 0 Å². The number of esters is 1. The summed E-state index contributed by atoms with van der Waals surface area (Å²) < 4.78 is 28.3. The van der Waals surface area contributed by atoms with Gasteiger partial charge in [-0.3, -0.25) is 4.79 Å². The first-order chi connectivity index (χ1) is 5.65. The molecule has 1 fully saturated rings. The highest BCUT2D eigenvalue weighted by Crippen LogP contribution is 2.19. The first-order valence-electron chi connectivity index (χ1n) is 3.49. The second kappa shape index (κ2) is 5.14. The third-order valence-electron chi connectivity index (χ3n) is 1.77. The lowest BCUT2D eigenvalue weighted by Gasteiger charge is -2.04. The molecule has 0 aliphatic carbocycles. The summed E-state index contributed by atoms with van der Waals surface area (Å²) >= 11 is 0. The molecule has 6 heteroatoms. The Hall–Kier alpha value is -0.680. The van der Waals surface area contributed by atoms with Gasteiger partial charge >= 0.3 is 5.97 Å². The molecule has 76 valence electrons. The van der Waals surface area contributed by atoms with Crippen molar-refractivity contribution in [3.05, 3.63) is 11.7 Å². The molecule has 1 heterocycles. The van der Waals surface area contributed by atoms with Gasteiger partial charge in [-0.1, -0.05) is 0 Å². The van der Waals surface area contributed by atoms with E-state index in [2.05, 4.69) is 10.1 Å². The highest BCUT2D eigenvalue weighted by Gasteiger charge is 2.28. The number of nitrogens with one attached hydrogen (secondary N) is 1. The number of hydrogen-bond acceptors (Lipinski definition) is 3. The van der Waals surface area contributed by atoms with E-state index >= 15 is 0 Å². The molecule has 0 aromatic carbocycles. The Kier molecular flexibility index (Phi) is 4.87. The van der Waals surface area contributed by atoms with Gasteiger partial charge in [0, 0.05) is 18.5 Å². The molecule has 1 rings (SSSR count). The lowest BCUT2D eigenvalue weighted by Crippen LogP contribution is -2.31. The summed E-state index contributed by atoms with van der Waals surface area (Å²) in [6, 6.07) is -0.605. The van der Waals surface area contributed by atoms with Crippen LogP contribution in [0.2, 0.25) is 0 Å². The van der Waals surface area contributed by atoms with E-state index in [1.165, 1.54) is 7.11 Å². The molecule has 1 unspecified atom stereocenters. The smallest absolute Gasteiger partial charge is 0.323 e. The highest BCUT2D eigenvalue weighted by molar-refractivity contribution is 5.85. The topological polar surface area (TPSA) is 38.3 Å². The Bertz CT molecular complexity index is 229. The van der Waals surface area contributed by atoms with Crippen LogP contribution in [0.5, 0.6) is 0 Å². The summed E-state index contributed by atoms with van der Waals surface area (Å²) in [5, 5.41) is 2.63. The Labute approximate surface area is 80.5 Å². The molecule has 0 spiro atoms. The molecule has 1 saturated heterocycles. The number of carbonyl (C=O) groups excluding carboxylic acids is 1. The molecular weight excluding hydrogens is 204 g/mol. The minimum atomic E-state index is -1.70. The average Bonchev–Trinajstić information content (AvgIpc) is 2.51. The monoisotopic (exact) mass is 213 g/mol. The Morgan fingerprint density at radius 1 is 1.62 bits per heavy atom. The van der Waals surface area contributed by atoms with Crippen molar-refractivity contribution >= 4 is 18.4 Å². The summed E-state index contributed by atoms with van der Waals surface area (Å²) in [6.07, 6.45) is -1.65. The lowest BCUT2D eigenvalue weighted by atomic mass is 10.2. The molecule has 0 radical (unpaired) electrons. The van der Waals surface area contributed by atoms with Crippen molar-refractivity contribution in [2.24, 2.45) is 0 Å². The van der Waals surface area contributed by atoms with Gasteiger partial charge in [-0.05, 0) is 0 Å². The molecule has 1 aliphatic heterocycles. The largest absolute Gasteiger partial charge is 0.468 e. The normalized spacial score (nSPS) is 20.8. The number of ether oxygens (including phenoxy) is 1. The molecule has 13 heavy (non-hydrogen) atoms. The maximum Gasteiger partial charge on any atom is 0.323 e. The molecule has 0 aromatic rings. The van der Waals surface area contributed by atoms with Crippen molar-refractivity contribution in [2.45, 2.75) is 12.5 Å². The van der Waals surface area contributed by atoms with Crippen LogP contribution >= 0.6 is 12.4 Å². The Morgan fingerprint density at radius 3 is 2.62 bits per heavy atom. The van der Waals surface area contributed by atoms with Crippen LogP contribution in [0.1, 0.15) is 6.42 Å². The maximum atomic E-state index is 12.0. The predicted octanol–water partition coefficient (Wildman–Crippen LogP) is 1.09. The SMILES string of the molecule is COC(=O)C1CC(=C(F)F)CN1.Cl. The molecular formula is C7H10ClF2NO2. The van der Waals surface area contributed by atoms with Crippen LogP contribution in [0.15, 0.2) is 11.7 Å². The first-order valence-corrected chi connectivity index (χ1v) is 3.49. The fourth-order valence-corrected chi connectivity index (χ4v) is 1.09. The van der Waals surface area contributed by atoms with Crippen LogP contribution in [0.25, 0.3) is 0 Å². The maximum absolute atomic E-state index is 12.0. The zero-order valence-corrected chi connectivity index (χ0v) is 7.79. The van der Waals surface area contributed by atoms with E-state index in [0.29, 0.717) is 0 Å². The Balaban J connectivity index is 0.00000144. The van der Waals surface area contributed by atoms with Gasteiger partial charge < -0.3 is 10.1 Å². The van der Waals surface area contributed by atoms with Crippen LogP contribution in [-0.2, 0) is 9.53 Å². The lowest BCUT2D eigenvalue weighted by molar-refractivity contribution is -0.142. The summed E-state index contributed by atoms with van der Waals surface area (Å²) in [4.78, 5) is 10.8. The number of rotatable bonds is 1. The summed E-state index contributed by atoms with van der Waals surface area (Å²) in [6.45, 7) is 0.0715. The van der Waals surface area contributed by atoms with Gasteiger partial charge in [-0.2, -0.15) is 8.78 Å². The number of halogens is 3. The van der Waals surface area contributed by atoms with Crippen molar-refractivity contribution in [1.29, 1.82) is 0 Å². The summed E-state index contributed by atoms with van der Waals surface area (Å²) in [7, 11) is 1.23. The minimum Gasteiger partial charge on any atom is -0.468 e. The van der Waals surface area contributed by atoms with Crippen molar-refractivity contribution < 1.29 is 18.3 Å². The minimum absolute atomic E-state index is 0. The zero-order chi connectivity index (χ0) is 9.14. The molecule has 0 amide bonds. The standard InChI is InChI=1S/C7H9F2NO2.ClH/c1-12-7(11)5-2-4(3-10-5)6(8)9;/h5,10H,2-3H2,1H3;1H. The zero-order valence-electron chi connectivity index (χ0n) is 6.97. The van der Waals surface area contributed by atoms with Gasteiger partial charge in [0.05, 0.1) is 7.11 Å². The molecule has 0 saturated carbocycles.